The van der Waals surface area contributed by atoms with E-state index in [4.69, 9.17) is 9.84 Å². The zero-order valence-electron chi connectivity index (χ0n) is 23.4. The van der Waals surface area contributed by atoms with Gasteiger partial charge in [-0.05, 0) is 42.4 Å². The van der Waals surface area contributed by atoms with Crippen LogP contribution >= 0.6 is 0 Å². The van der Waals surface area contributed by atoms with E-state index in [0.29, 0.717) is 51.5 Å². The molecule has 0 aromatic heterocycles. The van der Waals surface area contributed by atoms with Gasteiger partial charge in [-0.2, -0.15) is 5.10 Å². The number of amides is 2. The number of aliphatic carboxylic acids is 1. The summed E-state index contributed by atoms with van der Waals surface area (Å²) in [5.74, 6) is -1.28. The van der Waals surface area contributed by atoms with E-state index in [1.807, 2.05) is 66.7 Å². The number of cyclic esters (lactones) is 1. The highest BCUT2D eigenvalue weighted by molar-refractivity contribution is 5.82. The highest BCUT2D eigenvalue weighted by atomic mass is 16.5. The van der Waals surface area contributed by atoms with Gasteiger partial charge in [0, 0.05) is 32.2 Å². The lowest BCUT2D eigenvalue weighted by Gasteiger charge is -2.28. The molecule has 0 unspecified atom stereocenters. The van der Waals surface area contributed by atoms with Crippen LogP contribution in [-0.2, 0) is 30.5 Å². The predicted octanol–water partition coefficient (Wildman–Crippen LogP) is 5.31. The zero-order chi connectivity index (χ0) is 29.3. The number of benzene rings is 2. The summed E-state index contributed by atoms with van der Waals surface area (Å²) in [6.07, 6.45) is 10.1. The molecule has 2 amide bonds. The molecular formula is C32H39N3O6. The van der Waals surface area contributed by atoms with Crippen molar-refractivity contribution in [3.63, 3.8) is 0 Å². The Labute approximate surface area is 241 Å². The minimum Gasteiger partial charge on any atom is -0.481 e. The summed E-state index contributed by atoms with van der Waals surface area (Å²) in [5, 5.41) is 12.7. The number of carboxylic acid groups (broad SMARTS) is 1. The molecule has 3 rings (SSSR count). The summed E-state index contributed by atoms with van der Waals surface area (Å²) >= 11 is 0. The van der Waals surface area contributed by atoms with Crippen molar-refractivity contribution in [2.75, 3.05) is 6.54 Å². The maximum atomic E-state index is 13.2. The Bertz CT molecular complexity index is 1190. The molecule has 0 bridgehead atoms. The molecule has 1 atom stereocenters. The second-order valence-electron chi connectivity index (χ2n) is 10.1. The van der Waals surface area contributed by atoms with E-state index in [2.05, 4.69) is 10.5 Å². The lowest BCUT2D eigenvalue weighted by Crippen LogP contribution is -2.35. The number of hydrazone groups is 1. The lowest BCUT2D eigenvalue weighted by atomic mass is 10.1. The first-order chi connectivity index (χ1) is 19.9. The van der Waals surface area contributed by atoms with Gasteiger partial charge in [-0.3, -0.25) is 19.2 Å². The first kappa shape index (κ1) is 31.3. The van der Waals surface area contributed by atoms with Crippen LogP contribution < -0.4 is 5.43 Å². The monoisotopic (exact) mass is 561 g/mol. The van der Waals surface area contributed by atoms with Gasteiger partial charge in [0.2, 0.25) is 11.8 Å². The molecular weight excluding hydrogens is 522 g/mol. The average molecular weight is 562 g/mol. The molecule has 9 heteroatoms. The molecule has 0 radical (unpaired) electrons. The van der Waals surface area contributed by atoms with Gasteiger partial charge in [0.25, 0.3) is 0 Å². The number of nitrogens with zero attached hydrogens (tertiary/aromatic N) is 2. The molecule has 0 spiro atoms. The molecule has 0 saturated carbocycles. The van der Waals surface area contributed by atoms with Crippen molar-refractivity contribution in [1.29, 1.82) is 0 Å². The van der Waals surface area contributed by atoms with Gasteiger partial charge in [-0.1, -0.05) is 79.6 Å². The molecule has 0 saturated heterocycles. The van der Waals surface area contributed by atoms with Crippen LogP contribution in [0.1, 0.15) is 87.0 Å². The second kappa shape index (κ2) is 17.4. The third kappa shape index (κ3) is 12.2. The Kier molecular flexibility index (Phi) is 13.3. The Morgan fingerprint density at radius 1 is 0.927 bits per heavy atom. The first-order valence-corrected chi connectivity index (χ1v) is 14.2. The summed E-state index contributed by atoms with van der Waals surface area (Å²) in [6, 6.07) is 17.0. The van der Waals surface area contributed by atoms with Crippen molar-refractivity contribution in [3.8, 4) is 0 Å². The van der Waals surface area contributed by atoms with Crippen LogP contribution in [0.25, 0.3) is 0 Å². The third-order valence-corrected chi connectivity index (χ3v) is 6.69. The molecule has 1 aliphatic heterocycles. The summed E-state index contributed by atoms with van der Waals surface area (Å²) in [4.78, 5) is 49.9. The van der Waals surface area contributed by atoms with Gasteiger partial charge in [-0.15, -0.1) is 0 Å². The molecule has 41 heavy (non-hydrogen) atoms. The van der Waals surface area contributed by atoms with Crippen LogP contribution in [0.3, 0.4) is 0 Å². The predicted molar refractivity (Wildman–Crippen MR) is 156 cm³/mol. The Balaban J connectivity index is 1.57. The van der Waals surface area contributed by atoms with E-state index in [0.717, 1.165) is 29.5 Å². The fourth-order valence-electron chi connectivity index (χ4n) is 4.43. The standard InChI is InChI=1S/C32H39N3O6/c36-29(14-8-1-3-10-16-31(38)39)34-33-22-25-18-20-26(21-19-25)23-35-24-28(27-12-6-5-7-13-27)41-32(40)17-11-4-2-9-15-30(35)37/h2,4-7,12-13,18-22,28H,1,3,8-11,14-17,23-24H2,(H,34,36)(H,38,39)/b4-2+,33-22+/t28-/m1/s1. The van der Waals surface area contributed by atoms with Crippen molar-refractivity contribution in [1.82, 2.24) is 10.3 Å². The highest BCUT2D eigenvalue weighted by Crippen LogP contribution is 2.22. The summed E-state index contributed by atoms with van der Waals surface area (Å²) < 4.78 is 5.82. The zero-order valence-corrected chi connectivity index (χ0v) is 23.4. The Morgan fingerprint density at radius 2 is 1.61 bits per heavy atom. The number of allylic oxidation sites excluding steroid dienone is 2. The van der Waals surface area contributed by atoms with Crippen molar-refractivity contribution in [3.05, 3.63) is 83.4 Å². The number of hydrogen-bond donors (Lipinski definition) is 2. The normalized spacial score (nSPS) is 17.4. The minimum absolute atomic E-state index is 0.0116. The van der Waals surface area contributed by atoms with Crippen molar-refractivity contribution >= 4 is 30.0 Å². The van der Waals surface area contributed by atoms with E-state index in [-0.39, 0.29) is 30.7 Å². The lowest BCUT2D eigenvalue weighted by molar-refractivity contribution is -0.152. The number of esters is 1. The molecule has 218 valence electrons. The largest absolute Gasteiger partial charge is 0.481 e. The number of carbonyl (C=O) groups is 4. The fourth-order valence-corrected chi connectivity index (χ4v) is 4.43. The van der Waals surface area contributed by atoms with Crippen LogP contribution in [-0.4, -0.2) is 46.5 Å². The quantitative estimate of drug-likeness (QED) is 0.119. The molecule has 1 aliphatic rings. The Hall–Kier alpha value is -4.27. The number of unbranched alkanes of at least 4 members (excludes halogenated alkanes) is 3. The van der Waals surface area contributed by atoms with Crippen LogP contribution in [0.4, 0.5) is 0 Å². The third-order valence-electron chi connectivity index (χ3n) is 6.69. The van der Waals surface area contributed by atoms with Crippen molar-refractivity contribution in [2.45, 2.75) is 76.9 Å². The molecule has 2 aromatic rings. The summed E-state index contributed by atoms with van der Waals surface area (Å²) in [6.45, 7) is 0.622. The molecule has 0 aliphatic carbocycles. The number of rotatable bonds is 12. The molecule has 9 nitrogen and oxygen atoms in total. The number of carbonyl (C=O) groups excluding carboxylic acids is 3. The minimum atomic E-state index is -0.797. The maximum absolute atomic E-state index is 13.2. The van der Waals surface area contributed by atoms with Gasteiger partial charge in [0.05, 0.1) is 12.8 Å². The number of hydrogen-bond acceptors (Lipinski definition) is 6. The van der Waals surface area contributed by atoms with E-state index in [9.17, 15) is 19.2 Å². The maximum Gasteiger partial charge on any atom is 0.306 e. The molecule has 0 fully saturated rings. The van der Waals surface area contributed by atoms with Gasteiger partial charge in [0.15, 0.2) is 0 Å². The number of carboxylic acids is 1. The van der Waals surface area contributed by atoms with Crippen LogP contribution in [0, 0.1) is 0 Å². The van der Waals surface area contributed by atoms with Gasteiger partial charge in [-0.25, -0.2) is 5.43 Å². The van der Waals surface area contributed by atoms with Gasteiger partial charge in [0.1, 0.15) is 6.10 Å². The van der Waals surface area contributed by atoms with E-state index in [1.165, 1.54) is 0 Å². The first-order valence-electron chi connectivity index (χ1n) is 14.2. The number of nitrogens with one attached hydrogen (secondary N) is 1. The van der Waals surface area contributed by atoms with Crippen LogP contribution in [0.15, 0.2) is 71.9 Å². The van der Waals surface area contributed by atoms with Crippen molar-refractivity contribution < 1.29 is 29.0 Å². The van der Waals surface area contributed by atoms with Crippen LogP contribution in [0.2, 0.25) is 0 Å². The smallest absolute Gasteiger partial charge is 0.306 e. The Morgan fingerprint density at radius 3 is 2.32 bits per heavy atom. The van der Waals surface area contributed by atoms with E-state index in [1.54, 1.807) is 11.1 Å². The van der Waals surface area contributed by atoms with Crippen LogP contribution in [0.5, 0.6) is 0 Å². The molecule has 2 aromatic carbocycles. The topological polar surface area (TPSA) is 125 Å². The molecule has 2 N–H and O–H groups in total. The second-order valence-corrected chi connectivity index (χ2v) is 10.1. The number of ether oxygens (including phenoxy) is 1. The SMILES string of the molecule is O=C(O)CCCCCCC(=O)N/N=C/c1ccc(CN2C[C@H](c3ccccc3)OC(=O)CC/C=C/CCC2=O)cc1. The van der Waals surface area contributed by atoms with Crippen molar-refractivity contribution in [2.24, 2.45) is 5.10 Å². The summed E-state index contributed by atoms with van der Waals surface area (Å²) in [5.41, 5.74) is 5.08. The van der Waals surface area contributed by atoms with Gasteiger partial charge < -0.3 is 14.7 Å². The fraction of sp³-hybridized carbons (Fsp3) is 0.406. The van der Waals surface area contributed by atoms with E-state index >= 15 is 0 Å². The highest BCUT2D eigenvalue weighted by Gasteiger charge is 2.24. The van der Waals surface area contributed by atoms with E-state index < -0.39 is 12.1 Å². The average Bonchev–Trinajstić information content (AvgIpc) is 2.96. The molecule has 1 heterocycles. The summed E-state index contributed by atoms with van der Waals surface area (Å²) in [7, 11) is 0. The van der Waals surface area contributed by atoms with Gasteiger partial charge >= 0.3 is 11.9 Å².